The minimum atomic E-state index is 0.201. The molecular weight excluding hydrogens is 310 g/mol. The number of hydrogen-bond acceptors (Lipinski definition) is 7. The van der Waals surface area contributed by atoms with Gasteiger partial charge in [0.2, 0.25) is 0 Å². The van der Waals surface area contributed by atoms with Crippen molar-refractivity contribution in [2.75, 3.05) is 11.5 Å². The molecule has 0 saturated heterocycles. The zero-order valence-electron chi connectivity index (χ0n) is 12.1. The van der Waals surface area contributed by atoms with Crippen molar-refractivity contribution in [1.82, 2.24) is 15.0 Å². The number of nitriles is 1. The number of nitrogens with zero attached hydrogens (tertiary/aromatic N) is 4. The lowest BCUT2D eigenvalue weighted by Crippen LogP contribution is -1.99. The highest BCUT2D eigenvalue weighted by molar-refractivity contribution is 7.99. The second kappa shape index (κ2) is 6.94. The van der Waals surface area contributed by atoms with Crippen molar-refractivity contribution < 1.29 is 4.42 Å². The van der Waals surface area contributed by atoms with E-state index < -0.39 is 0 Å². The number of hydrogen-bond donors (Lipinski definition) is 1. The van der Waals surface area contributed by atoms with Crippen LogP contribution < -0.4 is 5.73 Å². The summed E-state index contributed by atoms with van der Waals surface area (Å²) in [5.74, 6) is 2.33. The fourth-order valence-electron chi connectivity index (χ4n) is 1.93. The average molecular weight is 323 g/mol. The molecule has 2 heterocycles. The van der Waals surface area contributed by atoms with Crippen LogP contribution in [0.3, 0.4) is 0 Å². The van der Waals surface area contributed by atoms with Gasteiger partial charge < -0.3 is 10.2 Å². The van der Waals surface area contributed by atoms with Crippen molar-refractivity contribution >= 4 is 17.6 Å². The molecule has 0 aliphatic rings. The first-order chi connectivity index (χ1) is 11.3. The van der Waals surface area contributed by atoms with Crippen molar-refractivity contribution in [2.45, 2.75) is 11.6 Å². The Morgan fingerprint density at radius 3 is 2.74 bits per heavy atom. The Kier molecular flexibility index (Phi) is 4.54. The summed E-state index contributed by atoms with van der Waals surface area (Å²) >= 11 is 1.44. The number of rotatable bonds is 5. The number of thioether (sulfide) groups is 1. The molecule has 0 radical (unpaired) electrons. The molecule has 0 aliphatic heterocycles. The Balaban J connectivity index is 1.58. The number of oxazole rings is 1. The highest BCUT2D eigenvalue weighted by Gasteiger charge is 2.08. The monoisotopic (exact) mass is 323 g/mol. The van der Waals surface area contributed by atoms with Crippen LogP contribution in [0.15, 0.2) is 52.3 Å². The maximum absolute atomic E-state index is 8.79. The van der Waals surface area contributed by atoms with E-state index in [-0.39, 0.29) is 11.4 Å². The number of aromatic nitrogens is 3. The van der Waals surface area contributed by atoms with Gasteiger partial charge in [-0.15, -0.1) is 0 Å². The first kappa shape index (κ1) is 15.1. The van der Waals surface area contributed by atoms with Crippen LogP contribution in [-0.2, 0) is 6.42 Å². The van der Waals surface area contributed by atoms with E-state index in [2.05, 4.69) is 15.0 Å². The standard InChI is InChI=1S/C16H13N5OS/c17-8-12-9-20-16(21-15(12)18)23-7-6-14-19-10-13(22-14)11-4-2-1-3-5-11/h1-5,9-10H,6-7H2,(H2,18,20,21). The summed E-state index contributed by atoms with van der Waals surface area (Å²) in [5.41, 5.74) is 6.95. The quantitative estimate of drug-likeness (QED) is 0.569. The predicted octanol–water partition coefficient (Wildman–Crippen LogP) is 2.92. The lowest BCUT2D eigenvalue weighted by atomic mass is 10.2. The summed E-state index contributed by atoms with van der Waals surface area (Å²) in [4.78, 5) is 12.5. The van der Waals surface area contributed by atoms with E-state index in [0.29, 0.717) is 23.2 Å². The number of nitrogen functional groups attached to an aromatic ring is 1. The molecular formula is C16H13N5OS. The van der Waals surface area contributed by atoms with Crippen LogP contribution in [0.1, 0.15) is 11.5 Å². The molecule has 1 aromatic carbocycles. The summed E-state index contributed by atoms with van der Waals surface area (Å²) in [6, 6.07) is 11.8. The molecule has 2 aromatic heterocycles. The van der Waals surface area contributed by atoms with E-state index in [4.69, 9.17) is 15.4 Å². The topological polar surface area (TPSA) is 102 Å². The summed E-state index contributed by atoms with van der Waals surface area (Å²) in [6.07, 6.45) is 3.82. The molecule has 0 spiro atoms. The molecule has 0 atom stereocenters. The van der Waals surface area contributed by atoms with E-state index >= 15 is 0 Å². The first-order valence-corrected chi connectivity index (χ1v) is 7.90. The molecule has 3 aromatic rings. The zero-order chi connectivity index (χ0) is 16.1. The van der Waals surface area contributed by atoms with E-state index in [1.807, 2.05) is 36.4 Å². The largest absolute Gasteiger partial charge is 0.441 e. The van der Waals surface area contributed by atoms with Crippen LogP contribution in [0.2, 0.25) is 0 Å². The van der Waals surface area contributed by atoms with Crippen LogP contribution in [0.5, 0.6) is 0 Å². The third-order valence-electron chi connectivity index (χ3n) is 3.08. The maximum Gasteiger partial charge on any atom is 0.195 e. The van der Waals surface area contributed by atoms with E-state index in [9.17, 15) is 0 Å². The normalized spacial score (nSPS) is 10.4. The zero-order valence-corrected chi connectivity index (χ0v) is 13.0. The summed E-state index contributed by atoms with van der Waals surface area (Å²) in [6.45, 7) is 0. The first-order valence-electron chi connectivity index (χ1n) is 6.92. The Hall–Kier alpha value is -2.85. The number of anilines is 1. The molecule has 7 heteroatoms. The molecule has 0 bridgehead atoms. The van der Waals surface area contributed by atoms with Gasteiger partial charge in [-0.2, -0.15) is 5.26 Å². The molecule has 114 valence electrons. The Morgan fingerprint density at radius 1 is 1.17 bits per heavy atom. The van der Waals surface area contributed by atoms with Gasteiger partial charge in [0.05, 0.1) is 12.4 Å². The van der Waals surface area contributed by atoms with Crippen LogP contribution in [0, 0.1) is 11.3 Å². The van der Waals surface area contributed by atoms with Gasteiger partial charge in [-0.1, -0.05) is 42.1 Å². The smallest absolute Gasteiger partial charge is 0.195 e. The molecule has 0 aliphatic carbocycles. The number of aryl methyl sites for hydroxylation is 1. The van der Waals surface area contributed by atoms with Crippen LogP contribution in [0.25, 0.3) is 11.3 Å². The molecule has 0 unspecified atom stereocenters. The van der Waals surface area contributed by atoms with Gasteiger partial charge in [-0.25, -0.2) is 15.0 Å². The predicted molar refractivity (Wildman–Crippen MR) is 87.5 cm³/mol. The van der Waals surface area contributed by atoms with Crippen molar-refractivity contribution in [3.05, 3.63) is 54.2 Å². The number of nitrogens with two attached hydrogens (primary N) is 1. The minimum absolute atomic E-state index is 0.201. The van der Waals surface area contributed by atoms with Crippen molar-refractivity contribution in [3.63, 3.8) is 0 Å². The second-order valence-electron chi connectivity index (χ2n) is 4.65. The summed E-state index contributed by atoms with van der Waals surface area (Å²) in [7, 11) is 0. The van der Waals surface area contributed by atoms with Gasteiger partial charge in [-0.3, -0.25) is 0 Å². The van der Waals surface area contributed by atoms with Gasteiger partial charge in [0.25, 0.3) is 0 Å². The fourth-order valence-corrected chi connectivity index (χ4v) is 2.67. The minimum Gasteiger partial charge on any atom is -0.441 e. The van der Waals surface area contributed by atoms with Gasteiger partial charge in [0.1, 0.15) is 17.5 Å². The van der Waals surface area contributed by atoms with E-state index in [1.165, 1.54) is 18.0 Å². The average Bonchev–Trinajstić information content (AvgIpc) is 3.05. The SMILES string of the molecule is N#Cc1cnc(SCCc2ncc(-c3ccccc3)o2)nc1N. The van der Waals surface area contributed by atoms with Crippen LogP contribution in [-0.4, -0.2) is 20.7 Å². The van der Waals surface area contributed by atoms with Gasteiger partial charge in [-0.05, 0) is 0 Å². The third-order valence-corrected chi connectivity index (χ3v) is 3.94. The van der Waals surface area contributed by atoms with Crippen LogP contribution >= 0.6 is 11.8 Å². The lowest BCUT2D eigenvalue weighted by Gasteiger charge is -2.00. The van der Waals surface area contributed by atoms with Crippen molar-refractivity contribution in [2.24, 2.45) is 0 Å². The maximum atomic E-state index is 8.79. The summed E-state index contributed by atoms with van der Waals surface area (Å²) < 4.78 is 5.73. The van der Waals surface area contributed by atoms with Crippen molar-refractivity contribution in [1.29, 1.82) is 5.26 Å². The van der Waals surface area contributed by atoms with Crippen molar-refractivity contribution in [3.8, 4) is 17.4 Å². The second-order valence-corrected chi connectivity index (χ2v) is 5.71. The lowest BCUT2D eigenvalue weighted by molar-refractivity contribution is 0.515. The van der Waals surface area contributed by atoms with Gasteiger partial charge in [0.15, 0.2) is 16.8 Å². The van der Waals surface area contributed by atoms with Gasteiger partial charge >= 0.3 is 0 Å². The number of benzene rings is 1. The molecule has 0 amide bonds. The Bertz CT molecular complexity index is 841. The highest BCUT2D eigenvalue weighted by atomic mass is 32.2. The highest BCUT2D eigenvalue weighted by Crippen LogP contribution is 2.21. The Morgan fingerprint density at radius 2 is 2.00 bits per heavy atom. The van der Waals surface area contributed by atoms with E-state index in [0.717, 1.165) is 11.3 Å². The fraction of sp³-hybridized carbons (Fsp3) is 0.125. The summed E-state index contributed by atoms with van der Waals surface area (Å²) in [5, 5.41) is 9.33. The van der Waals surface area contributed by atoms with Crippen LogP contribution in [0.4, 0.5) is 5.82 Å². The molecule has 23 heavy (non-hydrogen) atoms. The molecule has 3 rings (SSSR count). The van der Waals surface area contributed by atoms with E-state index in [1.54, 1.807) is 6.20 Å². The molecule has 6 nitrogen and oxygen atoms in total. The third kappa shape index (κ3) is 3.67. The molecule has 2 N–H and O–H groups in total. The molecule has 0 saturated carbocycles. The molecule has 0 fully saturated rings. The Labute approximate surface area is 137 Å². The van der Waals surface area contributed by atoms with Gasteiger partial charge in [0, 0.05) is 17.7 Å².